The van der Waals surface area contributed by atoms with E-state index >= 15 is 0 Å². The number of carbonyl (C=O) groups excluding carboxylic acids is 1. The summed E-state index contributed by atoms with van der Waals surface area (Å²) in [6, 6.07) is 13.0. The second kappa shape index (κ2) is 6.53. The van der Waals surface area contributed by atoms with Gasteiger partial charge in [-0.2, -0.15) is 5.26 Å². The summed E-state index contributed by atoms with van der Waals surface area (Å²) in [6.07, 6.45) is -0.0109. The van der Waals surface area contributed by atoms with Crippen molar-refractivity contribution in [3.8, 4) is 17.3 Å². The van der Waals surface area contributed by atoms with Crippen LogP contribution in [-0.4, -0.2) is 17.6 Å². The van der Waals surface area contributed by atoms with E-state index in [2.05, 4.69) is 4.98 Å². The molecule has 106 valence electrons. The highest BCUT2D eigenvalue weighted by Crippen LogP contribution is 2.26. The summed E-state index contributed by atoms with van der Waals surface area (Å²) in [6.45, 7) is 2.03. The molecule has 0 radical (unpaired) electrons. The summed E-state index contributed by atoms with van der Waals surface area (Å²) in [5.41, 5.74) is 8.47. The fourth-order valence-corrected chi connectivity index (χ4v) is 2.00. The van der Waals surface area contributed by atoms with Gasteiger partial charge in [-0.1, -0.05) is 30.3 Å². The molecule has 0 amide bonds. The highest BCUT2D eigenvalue weighted by molar-refractivity contribution is 5.77. The molecule has 0 fully saturated rings. The van der Waals surface area contributed by atoms with Crippen molar-refractivity contribution in [1.82, 2.24) is 4.98 Å². The van der Waals surface area contributed by atoms with Crippen LogP contribution < -0.4 is 5.73 Å². The minimum absolute atomic E-state index is 0.0109. The molecule has 0 unspecified atom stereocenters. The van der Waals surface area contributed by atoms with E-state index < -0.39 is 5.97 Å². The lowest BCUT2D eigenvalue weighted by Gasteiger charge is -2.09. The molecule has 0 aliphatic rings. The smallest absolute Gasteiger partial charge is 0.310 e. The molecule has 2 N–H and O–H groups in total. The fraction of sp³-hybridized carbons (Fsp3) is 0.188. The third kappa shape index (κ3) is 3.37. The molecule has 5 heteroatoms. The number of anilines is 1. The maximum atomic E-state index is 11.5. The van der Waals surface area contributed by atoms with E-state index in [9.17, 15) is 10.1 Å². The van der Waals surface area contributed by atoms with E-state index in [0.717, 1.165) is 5.56 Å². The molecule has 0 saturated heterocycles. The minimum atomic E-state index is -0.400. The van der Waals surface area contributed by atoms with E-state index in [1.54, 1.807) is 13.0 Å². The van der Waals surface area contributed by atoms with Gasteiger partial charge in [0, 0.05) is 11.1 Å². The molecule has 21 heavy (non-hydrogen) atoms. The van der Waals surface area contributed by atoms with Gasteiger partial charge in [-0.25, -0.2) is 4.98 Å². The lowest BCUT2D eigenvalue weighted by molar-refractivity contribution is -0.142. The first-order valence-corrected chi connectivity index (χ1v) is 6.56. The Labute approximate surface area is 123 Å². The maximum absolute atomic E-state index is 11.5. The van der Waals surface area contributed by atoms with Crippen molar-refractivity contribution < 1.29 is 9.53 Å². The summed E-state index contributed by atoms with van der Waals surface area (Å²) in [5.74, 6) is -0.400. The van der Waals surface area contributed by atoms with Crippen molar-refractivity contribution in [2.45, 2.75) is 13.3 Å². The van der Waals surface area contributed by atoms with Crippen LogP contribution in [0.1, 0.15) is 18.2 Å². The van der Waals surface area contributed by atoms with E-state index in [-0.39, 0.29) is 12.1 Å². The fourth-order valence-electron chi connectivity index (χ4n) is 2.00. The van der Waals surface area contributed by atoms with Gasteiger partial charge >= 0.3 is 5.97 Å². The number of hydrogen-bond donors (Lipinski definition) is 1. The molecule has 5 nitrogen and oxygen atoms in total. The number of aromatic nitrogens is 1. The minimum Gasteiger partial charge on any atom is -0.466 e. The van der Waals surface area contributed by atoms with E-state index in [1.165, 1.54) is 0 Å². The molecule has 1 aromatic carbocycles. The van der Waals surface area contributed by atoms with Gasteiger partial charge in [-0.3, -0.25) is 4.79 Å². The summed E-state index contributed by atoms with van der Waals surface area (Å²) < 4.78 is 4.88. The van der Waals surface area contributed by atoms with Crippen LogP contribution in [0.2, 0.25) is 0 Å². The number of benzene rings is 1. The van der Waals surface area contributed by atoms with Crippen LogP contribution in [-0.2, 0) is 16.0 Å². The first kappa shape index (κ1) is 14.5. The molecular weight excluding hydrogens is 266 g/mol. The van der Waals surface area contributed by atoms with Crippen molar-refractivity contribution in [3.63, 3.8) is 0 Å². The summed E-state index contributed by atoms with van der Waals surface area (Å²) >= 11 is 0. The largest absolute Gasteiger partial charge is 0.466 e. The van der Waals surface area contributed by atoms with Gasteiger partial charge < -0.3 is 10.5 Å². The molecule has 1 aromatic heterocycles. The molecular formula is C16H15N3O2. The van der Waals surface area contributed by atoms with Crippen LogP contribution in [0, 0.1) is 11.3 Å². The topological polar surface area (TPSA) is 89.0 Å². The molecule has 0 aliphatic heterocycles. The summed E-state index contributed by atoms with van der Waals surface area (Å²) in [4.78, 5) is 15.8. The van der Waals surface area contributed by atoms with Crippen molar-refractivity contribution in [1.29, 1.82) is 5.26 Å². The standard InChI is InChI=1S/C16H15N3O2/c1-2-21-15(20)9-12-8-13(18)16(19-14(12)10-17)11-6-4-3-5-7-11/h3-8H,2,9,18H2,1H3. The van der Waals surface area contributed by atoms with Gasteiger partial charge in [0.15, 0.2) is 0 Å². The Bertz CT molecular complexity index is 691. The van der Waals surface area contributed by atoms with Crippen molar-refractivity contribution in [2.75, 3.05) is 12.3 Å². The van der Waals surface area contributed by atoms with Crippen LogP contribution >= 0.6 is 0 Å². The maximum Gasteiger partial charge on any atom is 0.310 e. The Hall–Kier alpha value is -2.87. The highest BCUT2D eigenvalue weighted by atomic mass is 16.5. The lowest BCUT2D eigenvalue weighted by atomic mass is 10.0. The first-order valence-electron chi connectivity index (χ1n) is 6.56. The number of hydrogen-bond acceptors (Lipinski definition) is 5. The zero-order chi connectivity index (χ0) is 15.2. The van der Waals surface area contributed by atoms with Crippen molar-refractivity contribution in [2.24, 2.45) is 0 Å². The number of ether oxygens (including phenoxy) is 1. The molecule has 2 aromatic rings. The van der Waals surface area contributed by atoms with E-state index in [1.807, 2.05) is 36.4 Å². The van der Waals surface area contributed by atoms with Crippen LogP contribution in [0.25, 0.3) is 11.3 Å². The normalized spacial score (nSPS) is 9.90. The SMILES string of the molecule is CCOC(=O)Cc1cc(N)c(-c2ccccc2)nc1C#N. The Morgan fingerprint density at radius 3 is 2.71 bits per heavy atom. The zero-order valence-electron chi connectivity index (χ0n) is 11.7. The molecule has 0 atom stereocenters. The number of nitrogen functional groups attached to an aromatic ring is 1. The van der Waals surface area contributed by atoms with Crippen LogP contribution in [0.15, 0.2) is 36.4 Å². The monoisotopic (exact) mass is 281 g/mol. The summed E-state index contributed by atoms with van der Waals surface area (Å²) in [5, 5.41) is 9.22. The molecule has 0 saturated carbocycles. The first-order chi connectivity index (χ1) is 10.2. The number of nitrogens with zero attached hydrogens (tertiary/aromatic N) is 2. The van der Waals surface area contributed by atoms with Gasteiger partial charge in [0.05, 0.1) is 24.4 Å². The van der Waals surface area contributed by atoms with Gasteiger partial charge in [-0.05, 0) is 13.0 Å². The third-order valence-electron chi connectivity index (χ3n) is 2.92. The highest BCUT2D eigenvalue weighted by Gasteiger charge is 2.14. The number of rotatable bonds is 4. The van der Waals surface area contributed by atoms with E-state index in [0.29, 0.717) is 23.6 Å². The second-order valence-electron chi connectivity index (χ2n) is 4.39. The quantitative estimate of drug-likeness (QED) is 0.869. The number of pyridine rings is 1. The van der Waals surface area contributed by atoms with Gasteiger partial charge in [0.2, 0.25) is 0 Å². The average Bonchev–Trinajstić information content (AvgIpc) is 2.48. The van der Waals surface area contributed by atoms with Crippen LogP contribution in [0.4, 0.5) is 5.69 Å². The molecule has 0 aliphatic carbocycles. The number of nitriles is 1. The van der Waals surface area contributed by atoms with Gasteiger partial charge in [-0.15, -0.1) is 0 Å². The Kier molecular flexibility index (Phi) is 4.52. The molecule has 1 heterocycles. The number of nitrogens with two attached hydrogens (primary N) is 1. The average molecular weight is 281 g/mol. The third-order valence-corrected chi connectivity index (χ3v) is 2.92. The van der Waals surface area contributed by atoms with E-state index in [4.69, 9.17) is 10.5 Å². The number of esters is 1. The predicted octanol–water partition coefficient (Wildman–Crippen LogP) is 2.31. The predicted molar refractivity (Wildman–Crippen MR) is 79.1 cm³/mol. The van der Waals surface area contributed by atoms with Crippen LogP contribution in [0.3, 0.4) is 0 Å². The lowest BCUT2D eigenvalue weighted by Crippen LogP contribution is -2.10. The Balaban J connectivity index is 2.41. The van der Waals surface area contributed by atoms with Gasteiger partial charge in [0.25, 0.3) is 0 Å². The summed E-state index contributed by atoms with van der Waals surface area (Å²) in [7, 11) is 0. The molecule has 0 bridgehead atoms. The van der Waals surface area contributed by atoms with Crippen LogP contribution in [0.5, 0.6) is 0 Å². The second-order valence-corrected chi connectivity index (χ2v) is 4.39. The molecule has 0 spiro atoms. The zero-order valence-corrected chi connectivity index (χ0v) is 11.7. The Morgan fingerprint density at radius 1 is 1.38 bits per heavy atom. The molecule has 2 rings (SSSR count). The van der Waals surface area contributed by atoms with Gasteiger partial charge in [0.1, 0.15) is 11.8 Å². The Morgan fingerprint density at radius 2 is 2.10 bits per heavy atom. The number of carbonyl (C=O) groups is 1. The van der Waals surface area contributed by atoms with Crippen molar-refractivity contribution in [3.05, 3.63) is 47.7 Å². The van der Waals surface area contributed by atoms with Crippen molar-refractivity contribution >= 4 is 11.7 Å².